The molecule has 6 nitrogen and oxygen atoms in total. The molecule has 0 saturated heterocycles. The highest BCUT2D eigenvalue weighted by Gasteiger charge is 2.17. The lowest BCUT2D eigenvalue weighted by molar-refractivity contribution is 0.449. The number of nitroso groups, excluding NO2 is 1. The highest BCUT2D eigenvalue weighted by Crippen LogP contribution is 2.36. The number of phenolic OH excluding ortho intramolecular Hbond substituents is 1. The number of phenols is 1. The van der Waals surface area contributed by atoms with Crippen LogP contribution in [0.4, 0.5) is 5.69 Å². The molecule has 3 aromatic rings. The number of fused-ring (bicyclic) bond motifs is 1. The van der Waals surface area contributed by atoms with Gasteiger partial charge in [0.2, 0.25) is 11.2 Å². The van der Waals surface area contributed by atoms with Crippen LogP contribution in [0.25, 0.3) is 22.3 Å². The fraction of sp³-hybridized carbons (Fsp3) is 0.118. The van der Waals surface area contributed by atoms with Gasteiger partial charge in [-0.05, 0) is 60.5 Å². The van der Waals surface area contributed by atoms with E-state index in [9.17, 15) is 19.9 Å². The normalized spacial score (nSPS) is 10.9. The van der Waals surface area contributed by atoms with Crippen LogP contribution in [0.2, 0.25) is 0 Å². The number of aromatic hydroxyl groups is 2. The van der Waals surface area contributed by atoms with Crippen molar-refractivity contribution in [3.8, 4) is 22.8 Å². The summed E-state index contributed by atoms with van der Waals surface area (Å²) < 4.78 is 5.66. The number of hydrogen-bond acceptors (Lipinski definition) is 6. The highest BCUT2D eigenvalue weighted by atomic mass is 16.4. The smallest absolute Gasteiger partial charge is 0.235 e. The van der Waals surface area contributed by atoms with Crippen molar-refractivity contribution in [2.24, 2.45) is 5.18 Å². The van der Waals surface area contributed by atoms with Crippen LogP contribution in [0.15, 0.2) is 44.7 Å². The van der Waals surface area contributed by atoms with E-state index in [0.29, 0.717) is 5.58 Å². The van der Waals surface area contributed by atoms with Gasteiger partial charge in [-0.1, -0.05) is 0 Å². The van der Waals surface area contributed by atoms with Gasteiger partial charge in [0.05, 0.1) is 5.39 Å². The Bertz CT molecular complexity index is 1000. The third kappa shape index (κ3) is 2.34. The van der Waals surface area contributed by atoms with Crippen molar-refractivity contribution in [2.45, 2.75) is 13.8 Å². The van der Waals surface area contributed by atoms with Gasteiger partial charge in [0.25, 0.3) is 0 Å². The van der Waals surface area contributed by atoms with E-state index in [1.165, 1.54) is 18.2 Å². The molecule has 1 aromatic heterocycles. The van der Waals surface area contributed by atoms with Gasteiger partial charge in [0.1, 0.15) is 17.0 Å². The van der Waals surface area contributed by atoms with E-state index in [-0.39, 0.29) is 28.1 Å². The first-order valence-electron chi connectivity index (χ1n) is 6.86. The second-order valence-electron chi connectivity index (χ2n) is 5.34. The van der Waals surface area contributed by atoms with Crippen molar-refractivity contribution in [3.63, 3.8) is 0 Å². The fourth-order valence-corrected chi connectivity index (χ4v) is 2.37. The zero-order valence-corrected chi connectivity index (χ0v) is 12.5. The predicted molar refractivity (Wildman–Crippen MR) is 86.2 cm³/mol. The minimum absolute atomic E-state index is 0.0735. The van der Waals surface area contributed by atoms with Crippen molar-refractivity contribution in [3.05, 3.63) is 56.6 Å². The summed E-state index contributed by atoms with van der Waals surface area (Å²) >= 11 is 0. The Morgan fingerprint density at radius 2 is 1.74 bits per heavy atom. The summed E-state index contributed by atoms with van der Waals surface area (Å²) in [6.07, 6.45) is 0. The van der Waals surface area contributed by atoms with Crippen molar-refractivity contribution in [2.75, 3.05) is 0 Å². The van der Waals surface area contributed by atoms with E-state index < -0.39 is 11.2 Å². The Morgan fingerprint density at radius 1 is 1.04 bits per heavy atom. The van der Waals surface area contributed by atoms with Crippen LogP contribution in [0, 0.1) is 18.8 Å². The first-order chi connectivity index (χ1) is 10.9. The summed E-state index contributed by atoms with van der Waals surface area (Å²) in [5, 5.41) is 22.6. The second kappa shape index (κ2) is 5.24. The maximum absolute atomic E-state index is 12.4. The van der Waals surface area contributed by atoms with Crippen LogP contribution in [0.5, 0.6) is 11.5 Å². The van der Waals surface area contributed by atoms with Gasteiger partial charge in [0.15, 0.2) is 5.76 Å². The van der Waals surface area contributed by atoms with E-state index in [0.717, 1.165) is 11.1 Å². The van der Waals surface area contributed by atoms with Crippen LogP contribution < -0.4 is 5.43 Å². The molecule has 0 aliphatic heterocycles. The molecule has 0 spiro atoms. The summed E-state index contributed by atoms with van der Waals surface area (Å²) in [5.41, 5.74) is 1.70. The van der Waals surface area contributed by atoms with Gasteiger partial charge in [0, 0.05) is 5.56 Å². The molecule has 2 aromatic carbocycles. The molecule has 0 aliphatic carbocycles. The van der Waals surface area contributed by atoms with Crippen molar-refractivity contribution in [1.29, 1.82) is 0 Å². The van der Waals surface area contributed by atoms with E-state index >= 15 is 0 Å². The maximum atomic E-state index is 12.4. The Hall–Kier alpha value is -3.15. The molecule has 0 atom stereocenters. The Kier molecular flexibility index (Phi) is 3.37. The van der Waals surface area contributed by atoms with Gasteiger partial charge in [-0.2, -0.15) is 0 Å². The molecule has 2 N–H and O–H groups in total. The topological polar surface area (TPSA) is 100 Å². The van der Waals surface area contributed by atoms with E-state index in [2.05, 4.69) is 5.18 Å². The number of rotatable bonds is 2. The van der Waals surface area contributed by atoms with Crippen LogP contribution in [0.3, 0.4) is 0 Å². The average molecular weight is 311 g/mol. The minimum Gasteiger partial charge on any atom is -0.506 e. The van der Waals surface area contributed by atoms with Crippen LogP contribution >= 0.6 is 0 Å². The van der Waals surface area contributed by atoms with Gasteiger partial charge in [-0.25, -0.2) is 0 Å². The standard InChI is InChI=1S/C17H13NO5/c1-8-5-11-14(6-9(8)2)23-17(16(21)15(11)20)10-3-4-13(19)12(7-10)18-22/h3-7,19,21H,1-2H3. The maximum Gasteiger partial charge on any atom is 0.235 e. The molecule has 0 bridgehead atoms. The molecule has 0 saturated carbocycles. The van der Waals surface area contributed by atoms with E-state index in [4.69, 9.17) is 4.42 Å². The first kappa shape index (κ1) is 14.8. The molecule has 1 heterocycles. The van der Waals surface area contributed by atoms with Crippen molar-refractivity contribution in [1.82, 2.24) is 0 Å². The van der Waals surface area contributed by atoms with Crippen LogP contribution in [0.1, 0.15) is 11.1 Å². The number of benzene rings is 2. The van der Waals surface area contributed by atoms with Crippen molar-refractivity contribution >= 4 is 16.7 Å². The fourth-order valence-electron chi connectivity index (χ4n) is 2.37. The first-order valence-corrected chi connectivity index (χ1v) is 6.86. The lowest BCUT2D eigenvalue weighted by Crippen LogP contribution is -2.03. The SMILES string of the molecule is Cc1cc2oc(-c3ccc(O)c(N=O)c3)c(O)c(=O)c2cc1C. The lowest BCUT2D eigenvalue weighted by atomic mass is 10.0. The Balaban J connectivity index is 2.34. The Labute approximate surface area is 130 Å². The van der Waals surface area contributed by atoms with Crippen molar-refractivity contribution < 1.29 is 14.6 Å². The minimum atomic E-state index is -0.557. The molecule has 0 amide bonds. The molecule has 23 heavy (non-hydrogen) atoms. The second-order valence-corrected chi connectivity index (χ2v) is 5.34. The van der Waals surface area contributed by atoms with E-state index in [1.54, 1.807) is 12.1 Å². The zero-order chi connectivity index (χ0) is 16.7. The molecule has 0 aliphatic rings. The third-order valence-corrected chi connectivity index (χ3v) is 3.82. The third-order valence-electron chi connectivity index (χ3n) is 3.82. The molecular formula is C17H13NO5. The summed E-state index contributed by atoms with van der Waals surface area (Å²) in [6, 6.07) is 7.29. The van der Waals surface area contributed by atoms with E-state index in [1.807, 2.05) is 13.8 Å². The quantitative estimate of drug-likeness (QED) is 0.699. The Morgan fingerprint density at radius 3 is 2.43 bits per heavy atom. The number of nitrogens with zero attached hydrogens (tertiary/aromatic N) is 1. The highest BCUT2D eigenvalue weighted by molar-refractivity contribution is 5.83. The summed E-state index contributed by atoms with van der Waals surface area (Å²) in [4.78, 5) is 23.1. The van der Waals surface area contributed by atoms with Gasteiger partial charge in [-0.15, -0.1) is 4.91 Å². The largest absolute Gasteiger partial charge is 0.506 e. The molecule has 3 rings (SSSR count). The summed E-state index contributed by atoms with van der Waals surface area (Å²) in [5.74, 6) is -0.920. The molecule has 0 radical (unpaired) electrons. The predicted octanol–water partition coefficient (Wildman–Crippen LogP) is 3.89. The summed E-state index contributed by atoms with van der Waals surface area (Å²) in [6.45, 7) is 3.75. The van der Waals surface area contributed by atoms with Crippen LogP contribution in [-0.2, 0) is 0 Å². The van der Waals surface area contributed by atoms with Crippen LogP contribution in [-0.4, -0.2) is 10.2 Å². The van der Waals surface area contributed by atoms with Gasteiger partial charge >= 0.3 is 0 Å². The lowest BCUT2D eigenvalue weighted by Gasteiger charge is -2.08. The molecule has 0 fully saturated rings. The average Bonchev–Trinajstić information content (AvgIpc) is 2.53. The monoisotopic (exact) mass is 311 g/mol. The zero-order valence-electron chi connectivity index (χ0n) is 12.5. The number of aryl methyl sites for hydroxylation is 2. The molecular weight excluding hydrogens is 298 g/mol. The van der Waals surface area contributed by atoms with Gasteiger partial charge < -0.3 is 14.6 Å². The summed E-state index contributed by atoms with van der Waals surface area (Å²) in [7, 11) is 0. The van der Waals surface area contributed by atoms with Gasteiger partial charge in [-0.3, -0.25) is 4.79 Å². The molecule has 6 heteroatoms. The number of hydrogen-bond donors (Lipinski definition) is 2. The molecule has 116 valence electrons. The molecule has 0 unspecified atom stereocenters.